The fraction of sp³-hybridized carbons (Fsp3) is 0.667. The molecule has 0 amide bonds. The van der Waals surface area contributed by atoms with E-state index in [1.54, 1.807) is 0 Å². The highest BCUT2D eigenvalue weighted by atomic mass is 19.4. The third kappa shape index (κ3) is 7.38. The van der Waals surface area contributed by atoms with E-state index in [2.05, 4.69) is 31.5 Å². The number of nitrogens with one attached hydrogen (secondary N) is 2. The molecule has 0 radical (unpaired) electrons. The maximum absolute atomic E-state index is 12.9. The summed E-state index contributed by atoms with van der Waals surface area (Å²) in [7, 11) is 1.39. The quantitative estimate of drug-likeness (QED) is 0.258. The second-order valence-electron chi connectivity index (χ2n) is 5.40. The van der Waals surface area contributed by atoms with Crippen LogP contribution >= 0.6 is 0 Å². The zero-order valence-electron chi connectivity index (χ0n) is 14.9. The molecular weight excluding hydrogens is 375 g/mol. The lowest BCUT2D eigenvalue weighted by Gasteiger charge is -2.21. The Hall–Kier alpha value is -2.42. The summed E-state index contributed by atoms with van der Waals surface area (Å²) in [4.78, 5) is 17.4. The van der Waals surface area contributed by atoms with E-state index in [0.29, 0.717) is 6.54 Å². The van der Waals surface area contributed by atoms with Crippen LogP contribution in [0.5, 0.6) is 0 Å². The highest BCUT2D eigenvalue weighted by Crippen LogP contribution is 2.38. The Bertz CT molecular complexity index is 634. The minimum Gasteiger partial charge on any atom is -0.354 e. The fourth-order valence-electron chi connectivity index (χ4n) is 1.73. The van der Waals surface area contributed by atoms with Crippen LogP contribution in [0.2, 0.25) is 0 Å². The summed E-state index contributed by atoms with van der Waals surface area (Å²) in [5.74, 6) is -1.97. The van der Waals surface area contributed by atoms with Crippen LogP contribution in [0.3, 0.4) is 0 Å². The molecule has 0 atom stereocenters. The first-order valence-electron chi connectivity index (χ1n) is 8.09. The highest BCUT2D eigenvalue weighted by molar-refractivity contribution is 5.42. The van der Waals surface area contributed by atoms with Crippen molar-refractivity contribution >= 4 is 17.8 Å². The molecule has 0 unspecified atom stereocenters. The minimum atomic E-state index is -5.58. The Labute approximate surface area is 153 Å². The van der Waals surface area contributed by atoms with Crippen molar-refractivity contribution in [3.8, 4) is 12.3 Å². The van der Waals surface area contributed by atoms with Crippen molar-refractivity contribution < 1.29 is 26.8 Å². The van der Waals surface area contributed by atoms with E-state index in [1.807, 2.05) is 6.92 Å². The number of anilines is 3. The van der Waals surface area contributed by atoms with Crippen molar-refractivity contribution in [2.75, 3.05) is 42.4 Å². The summed E-state index contributed by atoms with van der Waals surface area (Å²) >= 11 is 0. The zero-order valence-corrected chi connectivity index (χ0v) is 14.9. The van der Waals surface area contributed by atoms with Crippen molar-refractivity contribution in [1.82, 2.24) is 15.0 Å². The summed E-state index contributed by atoms with van der Waals surface area (Å²) in [5.41, 5.74) is 0. The Morgan fingerprint density at radius 1 is 1.11 bits per heavy atom. The van der Waals surface area contributed by atoms with Gasteiger partial charge in [-0.05, 0) is 12.8 Å². The largest absolute Gasteiger partial charge is 0.453 e. The summed E-state index contributed by atoms with van der Waals surface area (Å²) in [6.07, 6.45) is -1.49. The molecule has 0 aliphatic carbocycles. The molecule has 2 N–H and O–H groups in total. The molecule has 1 rings (SSSR count). The number of aromatic nitrogens is 3. The zero-order chi connectivity index (χ0) is 20.5. The van der Waals surface area contributed by atoms with Gasteiger partial charge < -0.3 is 10.6 Å². The van der Waals surface area contributed by atoms with Gasteiger partial charge in [0.25, 0.3) is 5.95 Å². The molecule has 0 fully saturated rings. The van der Waals surface area contributed by atoms with Gasteiger partial charge in [0.2, 0.25) is 11.9 Å². The number of hydroxylamine groups is 1. The molecule has 0 aliphatic rings. The van der Waals surface area contributed by atoms with E-state index in [-0.39, 0.29) is 31.0 Å². The number of terminal acetylenes is 1. The number of hydrogen-bond acceptors (Lipinski definition) is 7. The third-order valence-corrected chi connectivity index (χ3v) is 3.12. The van der Waals surface area contributed by atoms with E-state index < -0.39 is 24.9 Å². The van der Waals surface area contributed by atoms with Gasteiger partial charge >= 0.3 is 12.1 Å². The Kier molecular flexibility index (Phi) is 8.42. The Morgan fingerprint density at radius 3 is 2.30 bits per heavy atom. The smallest absolute Gasteiger partial charge is 0.354 e. The first kappa shape index (κ1) is 22.6. The van der Waals surface area contributed by atoms with Crippen LogP contribution in [-0.2, 0) is 4.84 Å². The monoisotopic (exact) mass is 396 g/mol. The number of rotatable bonds is 11. The third-order valence-electron chi connectivity index (χ3n) is 3.12. The molecule has 0 saturated carbocycles. The van der Waals surface area contributed by atoms with Crippen LogP contribution in [0.15, 0.2) is 0 Å². The summed E-state index contributed by atoms with van der Waals surface area (Å²) < 4.78 is 62.1. The van der Waals surface area contributed by atoms with Crippen molar-refractivity contribution in [3.63, 3.8) is 0 Å². The number of halogens is 5. The maximum atomic E-state index is 12.9. The van der Waals surface area contributed by atoms with Crippen LogP contribution < -0.4 is 15.7 Å². The van der Waals surface area contributed by atoms with Crippen molar-refractivity contribution in [3.05, 3.63) is 0 Å². The van der Waals surface area contributed by atoms with Gasteiger partial charge in [-0.15, -0.1) is 6.42 Å². The topological polar surface area (TPSA) is 75.2 Å². The number of hydrogen-bond donors (Lipinski definition) is 2. The van der Waals surface area contributed by atoms with Gasteiger partial charge in [-0.2, -0.15) is 36.9 Å². The van der Waals surface area contributed by atoms with Gasteiger partial charge in [-0.3, -0.25) is 4.84 Å². The van der Waals surface area contributed by atoms with Crippen LogP contribution in [0.1, 0.15) is 26.2 Å². The predicted molar refractivity (Wildman–Crippen MR) is 90.5 cm³/mol. The predicted octanol–water partition coefficient (Wildman–Crippen LogP) is 3.08. The standard InChI is InChI=1S/C15H21F5N6O/c1-4-8-21-11-23-12(22-9-5-2)25-13(24-11)26(3)27-10-6-7-14(16,17)15(18,19)20/h1H,5-10H2,2-3H3,(H2,21,22,23,24,25). The van der Waals surface area contributed by atoms with Crippen molar-refractivity contribution in [2.24, 2.45) is 0 Å². The van der Waals surface area contributed by atoms with Gasteiger partial charge in [-0.1, -0.05) is 12.8 Å². The molecule has 0 spiro atoms. The lowest BCUT2D eigenvalue weighted by Crippen LogP contribution is -2.36. The van der Waals surface area contributed by atoms with Gasteiger partial charge in [0.05, 0.1) is 13.2 Å². The second kappa shape index (κ2) is 10.1. The first-order valence-corrected chi connectivity index (χ1v) is 8.09. The summed E-state index contributed by atoms with van der Waals surface area (Å²) in [6.45, 7) is 2.32. The number of alkyl halides is 5. The molecule has 0 saturated heterocycles. The van der Waals surface area contributed by atoms with Crippen LogP contribution in [-0.4, -0.2) is 53.8 Å². The van der Waals surface area contributed by atoms with Crippen molar-refractivity contribution in [1.29, 1.82) is 0 Å². The fourth-order valence-corrected chi connectivity index (χ4v) is 1.73. The minimum absolute atomic E-state index is 0.0331. The average molecular weight is 396 g/mol. The van der Waals surface area contributed by atoms with Gasteiger partial charge in [0, 0.05) is 20.0 Å². The van der Waals surface area contributed by atoms with E-state index in [0.717, 1.165) is 11.5 Å². The summed E-state index contributed by atoms with van der Waals surface area (Å²) in [6, 6.07) is 0. The number of nitrogens with zero attached hydrogens (tertiary/aromatic N) is 4. The van der Waals surface area contributed by atoms with Crippen LogP contribution in [0.25, 0.3) is 0 Å². The molecule has 0 aromatic carbocycles. The average Bonchev–Trinajstić information content (AvgIpc) is 2.60. The molecule has 1 aromatic heterocycles. The normalized spacial score (nSPS) is 11.8. The van der Waals surface area contributed by atoms with Crippen LogP contribution in [0.4, 0.5) is 39.8 Å². The van der Waals surface area contributed by atoms with Gasteiger partial charge in [0.15, 0.2) is 0 Å². The van der Waals surface area contributed by atoms with Gasteiger partial charge in [0.1, 0.15) is 0 Å². The van der Waals surface area contributed by atoms with E-state index in [1.165, 1.54) is 7.05 Å². The highest BCUT2D eigenvalue weighted by Gasteiger charge is 2.56. The molecule has 0 aliphatic heterocycles. The SMILES string of the molecule is C#CCNc1nc(NCCC)nc(N(C)OCCCC(F)(F)C(F)(F)F)n1. The maximum Gasteiger partial charge on any atom is 0.453 e. The Balaban J connectivity index is 2.69. The Morgan fingerprint density at radius 2 is 1.74 bits per heavy atom. The van der Waals surface area contributed by atoms with Crippen LogP contribution in [0, 0.1) is 12.3 Å². The van der Waals surface area contributed by atoms with E-state index in [9.17, 15) is 22.0 Å². The molecule has 12 heteroatoms. The molecular formula is C15H21F5N6O. The molecule has 1 aromatic rings. The van der Waals surface area contributed by atoms with E-state index >= 15 is 0 Å². The van der Waals surface area contributed by atoms with E-state index in [4.69, 9.17) is 11.3 Å². The molecule has 27 heavy (non-hydrogen) atoms. The first-order chi connectivity index (χ1) is 12.6. The molecule has 7 nitrogen and oxygen atoms in total. The molecule has 1 heterocycles. The lowest BCUT2D eigenvalue weighted by molar-refractivity contribution is -0.285. The molecule has 0 bridgehead atoms. The lowest BCUT2D eigenvalue weighted by atomic mass is 10.2. The second-order valence-corrected chi connectivity index (χ2v) is 5.40. The molecule has 152 valence electrons. The van der Waals surface area contributed by atoms with Crippen molar-refractivity contribution in [2.45, 2.75) is 38.3 Å². The van der Waals surface area contributed by atoms with Gasteiger partial charge in [-0.25, -0.2) is 5.06 Å². The summed E-state index contributed by atoms with van der Waals surface area (Å²) in [5, 5.41) is 6.78.